The molecule has 196 valence electrons. The first-order chi connectivity index (χ1) is 17.8. The third kappa shape index (κ3) is 6.63. The molecule has 1 aliphatic rings. The molecule has 4 rings (SSSR count). The summed E-state index contributed by atoms with van der Waals surface area (Å²) < 4.78 is 11.0. The van der Waals surface area contributed by atoms with Crippen LogP contribution in [0.2, 0.25) is 0 Å². The van der Waals surface area contributed by atoms with Gasteiger partial charge in [0.15, 0.2) is 0 Å². The van der Waals surface area contributed by atoms with Crippen molar-refractivity contribution in [2.45, 2.75) is 51.9 Å². The van der Waals surface area contributed by atoms with Crippen LogP contribution < -0.4 is 14.4 Å². The number of anilines is 1. The van der Waals surface area contributed by atoms with Crippen molar-refractivity contribution in [1.29, 1.82) is 0 Å². The SMILES string of the molecule is CC(C)(C)c1cc(-c2cc(-c3ccc(OC(=O)O)cc3)ccc2OCCCCO)ccc1N1CCCC1. The maximum atomic E-state index is 10.8. The zero-order chi connectivity index (χ0) is 26.4. The summed E-state index contributed by atoms with van der Waals surface area (Å²) in [5.74, 6) is 1.09. The van der Waals surface area contributed by atoms with E-state index in [0.717, 1.165) is 47.5 Å². The van der Waals surface area contributed by atoms with Crippen LogP contribution in [0.1, 0.15) is 52.0 Å². The Hall–Kier alpha value is -3.51. The maximum absolute atomic E-state index is 10.8. The van der Waals surface area contributed by atoms with Gasteiger partial charge in [-0.1, -0.05) is 45.0 Å². The van der Waals surface area contributed by atoms with Gasteiger partial charge < -0.3 is 24.6 Å². The Morgan fingerprint density at radius 3 is 2.22 bits per heavy atom. The molecule has 1 saturated heterocycles. The normalized spacial score (nSPS) is 13.6. The van der Waals surface area contributed by atoms with Crippen LogP contribution in [-0.4, -0.2) is 42.7 Å². The predicted molar refractivity (Wildman–Crippen MR) is 148 cm³/mol. The van der Waals surface area contributed by atoms with Gasteiger partial charge in [-0.25, -0.2) is 4.79 Å². The van der Waals surface area contributed by atoms with Crippen molar-refractivity contribution < 1.29 is 24.5 Å². The highest BCUT2D eigenvalue weighted by Crippen LogP contribution is 2.40. The Morgan fingerprint density at radius 1 is 0.892 bits per heavy atom. The van der Waals surface area contributed by atoms with E-state index in [0.29, 0.717) is 13.0 Å². The predicted octanol–water partition coefficient (Wildman–Crippen LogP) is 7.13. The summed E-state index contributed by atoms with van der Waals surface area (Å²) in [5, 5.41) is 18.0. The van der Waals surface area contributed by atoms with Crippen molar-refractivity contribution in [3.8, 4) is 33.8 Å². The molecule has 0 amide bonds. The molecule has 0 saturated carbocycles. The van der Waals surface area contributed by atoms with Crippen LogP contribution in [0.3, 0.4) is 0 Å². The van der Waals surface area contributed by atoms with Gasteiger partial charge in [0.1, 0.15) is 11.5 Å². The first-order valence-electron chi connectivity index (χ1n) is 13.0. The first-order valence-corrected chi connectivity index (χ1v) is 13.0. The average Bonchev–Trinajstić information content (AvgIpc) is 3.41. The molecule has 1 aliphatic heterocycles. The molecule has 1 fully saturated rings. The molecule has 6 nitrogen and oxygen atoms in total. The van der Waals surface area contributed by atoms with E-state index in [2.05, 4.69) is 49.9 Å². The number of hydrogen-bond donors (Lipinski definition) is 2. The van der Waals surface area contributed by atoms with Crippen molar-refractivity contribution in [3.05, 3.63) is 66.2 Å². The summed E-state index contributed by atoms with van der Waals surface area (Å²) in [4.78, 5) is 13.3. The first kappa shape index (κ1) is 26.6. The highest BCUT2D eigenvalue weighted by molar-refractivity contribution is 5.80. The Morgan fingerprint density at radius 2 is 1.57 bits per heavy atom. The van der Waals surface area contributed by atoms with Gasteiger partial charge in [0, 0.05) is 30.9 Å². The fourth-order valence-corrected chi connectivity index (χ4v) is 4.81. The molecule has 3 aromatic rings. The van der Waals surface area contributed by atoms with Crippen molar-refractivity contribution in [2.75, 3.05) is 31.2 Å². The van der Waals surface area contributed by atoms with Crippen molar-refractivity contribution in [1.82, 2.24) is 0 Å². The van der Waals surface area contributed by atoms with Crippen LogP contribution in [0.15, 0.2) is 60.7 Å². The van der Waals surface area contributed by atoms with Crippen LogP contribution in [0, 0.1) is 0 Å². The van der Waals surface area contributed by atoms with E-state index in [1.807, 2.05) is 24.3 Å². The van der Waals surface area contributed by atoms with Gasteiger partial charge >= 0.3 is 6.16 Å². The summed E-state index contributed by atoms with van der Waals surface area (Å²) >= 11 is 0. The van der Waals surface area contributed by atoms with E-state index in [9.17, 15) is 4.79 Å². The molecule has 0 atom stereocenters. The molecular formula is C31H37NO5. The van der Waals surface area contributed by atoms with Gasteiger partial charge in [-0.2, -0.15) is 0 Å². The Balaban J connectivity index is 1.75. The van der Waals surface area contributed by atoms with Crippen LogP contribution in [0.5, 0.6) is 11.5 Å². The van der Waals surface area contributed by atoms with Gasteiger partial charge in [-0.3, -0.25) is 0 Å². The van der Waals surface area contributed by atoms with E-state index >= 15 is 0 Å². The number of aliphatic hydroxyl groups excluding tert-OH is 1. The van der Waals surface area contributed by atoms with Gasteiger partial charge in [-0.05, 0) is 89.8 Å². The summed E-state index contributed by atoms with van der Waals surface area (Å²) in [6.07, 6.45) is 2.62. The third-order valence-electron chi connectivity index (χ3n) is 6.74. The molecule has 1 heterocycles. The molecular weight excluding hydrogens is 466 g/mol. The summed E-state index contributed by atoms with van der Waals surface area (Å²) in [6, 6.07) is 19.9. The zero-order valence-corrected chi connectivity index (χ0v) is 22.0. The Labute approximate surface area is 219 Å². The van der Waals surface area contributed by atoms with Gasteiger partial charge in [-0.15, -0.1) is 0 Å². The quantitative estimate of drug-likeness (QED) is 0.184. The second kappa shape index (κ2) is 11.7. The van der Waals surface area contributed by atoms with Crippen LogP contribution in [0.25, 0.3) is 22.3 Å². The zero-order valence-electron chi connectivity index (χ0n) is 22.0. The van der Waals surface area contributed by atoms with Crippen molar-refractivity contribution >= 4 is 11.8 Å². The molecule has 0 aliphatic carbocycles. The standard InChI is InChI=1S/C31H37NO5/c1-31(2,3)27-21-24(10-14-28(27)32-16-4-5-17-32)26-20-23(11-15-29(26)36-19-7-6-18-33)22-8-12-25(13-9-22)37-30(34)35/h8-15,20-21,33H,4-7,16-19H2,1-3H3,(H,34,35). The minimum atomic E-state index is -1.33. The van der Waals surface area contributed by atoms with Gasteiger partial charge in [0.05, 0.1) is 6.61 Å². The fraction of sp³-hybridized carbons (Fsp3) is 0.387. The number of rotatable bonds is 9. The number of benzene rings is 3. The van der Waals surface area contributed by atoms with Gasteiger partial charge in [0.25, 0.3) is 0 Å². The van der Waals surface area contributed by atoms with Crippen molar-refractivity contribution in [2.24, 2.45) is 0 Å². The third-order valence-corrected chi connectivity index (χ3v) is 6.74. The number of nitrogens with zero attached hydrogens (tertiary/aromatic N) is 1. The largest absolute Gasteiger partial charge is 0.511 e. The van der Waals surface area contributed by atoms with Crippen LogP contribution >= 0.6 is 0 Å². The Bertz CT molecular complexity index is 1210. The molecule has 0 bridgehead atoms. The average molecular weight is 504 g/mol. The van der Waals surface area contributed by atoms with Crippen LogP contribution in [0.4, 0.5) is 10.5 Å². The molecule has 6 heteroatoms. The van der Waals surface area contributed by atoms with Crippen LogP contribution in [-0.2, 0) is 5.41 Å². The lowest BCUT2D eigenvalue weighted by molar-refractivity contribution is 0.144. The minimum absolute atomic E-state index is 0.0202. The molecule has 3 aromatic carbocycles. The number of aliphatic hydroxyl groups is 1. The second-order valence-electron chi connectivity index (χ2n) is 10.6. The molecule has 0 aromatic heterocycles. The van der Waals surface area contributed by atoms with E-state index in [1.54, 1.807) is 12.1 Å². The lowest BCUT2D eigenvalue weighted by atomic mass is 9.83. The molecule has 2 N–H and O–H groups in total. The number of ether oxygens (including phenoxy) is 2. The van der Waals surface area contributed by atoms with E-state index in [-0.39, 0.29) is 17.8 Å². The van der Waals surface area contributed by atoms with Crippen molar-refractivity contribution in [3.63, 3.8) is 0 Å². The number of carboxylic acid groups (broad SMARTS) is 1. The monoisotopic (exact) mass is 503 g/mol. The summed E-state index contributed by atoms with van der Waals surface area (Å²) in [7, 11) is 0. The van der Waals surface area contributed by atoms with E-state index in [4.69, 9.17) is 19.7 Å². The smallest absolute Gasteiger partial charge is 0.493 e. The Kier molecular flexibility index (Phi) is 8.39. The summed E-state index contributed by atoms with van der Waals surface area (Å²) in [5.41, 5.74) is 6.66. The maximum Gasteiger partial charge on any atom is 0.511 e. The number of hydrogen-bond acceptors (Lipinski definition) is 5. The molecule has 37 heavy (non-hydrogen) atoms. The van der Waals surface area contributed by atoms with Gasteiger partial charge in [0.2, 0.25) is 0 Å². The summed E-state index contributed by atoms with van der Waals surface area (Å²) in [6.45, 7) is 9.66. The van der Waals surface area contributed by atoms with E-state index in [1.165, 1.54) is 24.1 Å². The lowest BCUT2D eigenvalue weighted by Crippen LogP contribution is -2.23. The number of unbranched alkanes of at least 4 members (excludes halogenated alkanes) is 1. The second-order valence-corrected chi connectivity index (χ2v) is 10.6. The molecule has 0 radical (unpaired) electrons. The topological polar surface area (TPSA) is 79.2 Å². The molecule has 0 spiro atoms. The number of carbonyl (C=O) groups is 1. The molecule has 0 unspecified atom stereocenters. The minimum Gasteiger partial charge on any atom is -0.493 e. The highest BCUT2D eigenvalue weighted by atomic mass is 16.7. The lowest BCUT2D eigenvalue weighted by Gasteiger charge is -2.29. The highest BCUT2D eigenvalue weighted by Gasteiger charge is 2.24. The van der Waals surface area contributed by atoms with E-state index < -0.39 is 6.16 Å². The fourth-order valence-electron chi connectivity index (χ4n) is 4.81.